The van der Waals surface area contributed by atoms with Crippen molar-refractivity contribution >= 4 is 16.9 Å². The molecule has 2 aliphatic heterocycles. The summed E-state index contributed by atoms with van der Waals surface area (Å²) < 4.78 is 27.2. The summed E-state index contributed by atoms with van der Waals surface area (Å²) in [7, 11) is -4.71. The largest absolute Gasteiger partial charge is 0.408 e. The molecule has 1 N–H and O–H groups in total. The van der Waals surface area contributed by atoms with Gasteiger partial charge in [-0.3, -0.25) is 0 Å². The third-order valence-electron chi connectivity index (χ3n) is 7.64. The van der Waals surface area contributed by atoms with Gasteiger partial charge in [-0.1, -0.05) is 68.4 Å². The van der Waals surface area contributed by atoms with Gasteiger partial charge in [-0.15, -0.1) is 6.58 Å². The van der Waals surface area contributed by atoms with Gasteiger partial charge in [0.25, 0.3) is 0 Å². The molecule has 0 spiro atoms. The summed E-state index contributed by atoms with van der Waals surface area (Å²) in [5.74, 6) is 0. The monoisotopic (exact) mass is 472 g/mol. The first kappa shape index (κ1) is 27.2. The van der Waals surface area contributed by atoms with Crippen molar-refractivity contribution in [3.63, 3.8) is 0 Å². The standard InChI is InChI=1S/C24H48O5Si2/c1-12-16-24(11)21(25)20(28-30(13-2,14-3)15-4)19-18(27-24)17-26-31(29-19,22(5,6)7)23(8,9)10/h12,18-21,25H,1,13-17H2,2-11H3/t18-,19-,20+,21-,24-/m1/s1. The molecule has 0 radical (unpaired) electrons. The van der Waals surface area contributed by atoms with Crippen molar-refractivity contribution in [3.05, 3.63) is 12.7 Å². The Hall–Kier alpha value is -0.0262. The summed E-state index contributed by atoms with van der Waals surface area (Å²) >= 11 is 0. The van der Waals surface area contributed by atoms with Crippen LogP contribution in [0.1, 0.15) is 75.7 Å². The number of rotatable bonds is 7. The highest BCUT2D eigenvalue weighted by atomic mass is 28.4. The predicted molar refractivity (Wildman–Crippen MR) is 132 cm³/mol. The number of ether oxygens (including phenoxy) is 1. The Bertz CT molecular complexity index is 600. The average molecular weight is 473 g/mol. The van der Waals surface area contributed by atoms with Crippen LogP contribution in [0.15, 0.2) is 12.7 Å². The Kier molecular flexibility index (Phi) is 8.18. The molecule has 0 saturated carbocycles. The minimum atomic E-state index is -2.71. The number of fused-ring (bicyclic) bond motifs is 1. The molecule has 0 bridgehead atoms. The molecule has 31 heavy (non-hydrogen) atoms. The molecule has 0 aromatic carbocycles. The van der Waals surface area contributed by atoms with Gasteiger partial charge in [-0.25, -0.2) is 0 Å². The van der Waals surface area contributed by atoms with Gasteiger partial charge in [-0.2, -0.15) is 0 Å². The van der Waals surface area contributed by atoms with Crippen LogP contribution in [0.2, 0.25) is 28.2 Å². The van der Waals surface area contributed by atoms with Gasteiger partial charge in [0.1, 0.15) is 24.4 Å². The van der Waals surface area contributed by atoms with Gasteiger partial charge < -0.3 is 23.1 Å². The van der Waals surface area contributed by atoms with E-state index in [2.05, 4.69) is 68.9 Å². The van der Waals surface area contributed by atoms with Crippen LogP contribution in [0, 0.1) is 0 Å². The van der Waals surface area contributed by atoms with Crippen molar-refractivity contribution in [1.82, 2.24) is 0 Å². The van der Waals surface area contributed by atoms with Crippen molar-refractivity contribution in [2.75, 3.05) is 6.61 Å². The van der Waals surface area contributed by atoms with Crippen LogP contribution in [0.4, 0.5) is 0 Å². The van der Waals surface area contributed by atoms with Gasteiger partial charge in [0.15, 0.2) is 8.32 Å². The maximum absolute atomic E-state index is 11.6. The second-order valence-corrected chi connectivity index (χ2v) is 21.2. The van der Waals surface area contributed by atoms with E-state index in [9.17, 15) is 5.11 Å². The lowest BCUT2D eigenvalue weighted by Gasteiger charge is -2.60. The fourth-order valence-corrected chi connectivity index (χ4v) is 13.5. The molecule has 2 saturated heterocycles. The predicted octanol–water partition coefficient (Wildman–Crippen LogP) is 5.93. The minimum absolute atomic E-state index is 0.137. The van der Waals surface area contributed by atoms with E-state index in [0.29, 0.717) is 13.0 Å². The second kappa shape index (κ2) is 9.31. The van der Waals surface area contributed by atoms with Crippen LogP contribution in [0.5, 0.6) is 0 Å². The zero-order chi connectivity index (χ0) is 23.9. The first-order chi connectivity index (χ1) is 14.2. The van der Waals surface area contributed by atoms with E-state index in [-0.39, 0.29) is 22.3 Å². The maximum Gasteiger partial charge on any atom is 0.349 e. The molecule has 2 aliphatic rings. The van der Waals surface area contributed by atoms with E-state index >= 15 is 0 Å². The topological polar surface area (TPSA) is 57.2 Å². The highest BCUT2D eigenvalue weighted by Crippen LogP contribution is 2.56. The van der Waals surface area contributed by atoms with Gasteiger partial charge in [0.05, 0.1) is 12.2 Å². The summed E-state index contributed by atoms with van der Waals surface area (Å²) in [6.07, 6.45) is 0.573. The molecule has 182 valence electrons. The van der Waals surface area contributed by atoms with Crippen molar-refractivity contribution in [2.45, 2.75) is 134 Å². The Labute approximate surface area is 193 Å². The molecular weight excluding hydrogens is 424 g/mol. The van der Waals surface area contributed by atoms with Crippen LogP contribution in [0.25, 0.3) is 0 Å². The third kappa shape index (κ3) is 4.79. The van der Waals surface area contributed by atoms with E-state index in [4.69, 9.17) is 18.0 Å². The Morgan fingerprint density at radius 2 is 1.61 bits per heavy atom. The number of aliphatic hydroxyl groups is 1. The summed E-state index contributed by atoms with van der Waals surface area (Å²) in [6.45, 7) is 26.3. The van der Waals surface area contributed by atoms with Crippen LogP contribution < -0.4 is 0 Å². The van der Waals surface area contributed by atoms with Gasteiger partial charge in [-0.05, 0) is 31.5 Å². The fourth-order valence-electron chi connectivity index (χ4n) is 5.71. The lowest BCUT2D eigenvalue weighted by atomic mass is 9.84. The smallest absolute Gasteiger partial charge is 0.349 e. The van der Waals surface area contributed by atoms with Crippen molar-refractivity contribution in [1.29, 1.82) is 0 Å². The lowest BCUT2D eigenvalue weighted by molar-refractivity contribution is -0.275. The van der Waals surface area contributed by atoms with Crippen LogP contribution in [-0.2, 0) is 18.0 Å². The molecule has 7 heteroatoms. The molecule has 0 aromatic rings. The van der Waals surface area contributed by atoms with E-state index < -0.39 is 34.7 Å². The normalized spacial score (nSPS) is 34.3. The Morgan fingerprint density at radius 3 is 2.03 bits per heavy atom. The van der Waals surface area contributed by atoms with E-state index in [0.717, 1.165) is 18.1 Å². The molecule has 0 aliphatic carbocycles. The SMILES string of the molecule is C=CC[C@@]1(C)O[C@@H]2CO[Si](C(C)(C)C)(C(C)(C)C)O[C@H]2[C@H](O[Si](CC)(CC)CC)[C@H]1O. The van der Waals surface area contributed by atoms with Gasteiger partial charge in [0.2, 0.25) is 0 Å². The van der Waals surface area contributed by atoms with Crippen LogP contribution in [0.3, 0.4) is 0 Å². The van der Waals surface area contributed by atoms with E-state index in [1.54, 1.807) is 0 Å². The van der Waals surface area contributed by atoms with Crippen LogP contribution >= 0.6 is 0 Å². The first-order valence-corrected chi connectivity index (χ1v) is 16.5. The summed E-state index contributed by atoms with van der Waals surface area (Å²) in [4.78, 5) is 0. The highest BCUT2D eigenvalue weighted by Gasteiger charge is 2.66. The van der Waals surface area contributed by atoms with E-state index in [1.807, 2.05) is 13.0 Å². The van der Waals surface area contributed by atoms with Crippen molar-refractivity contribution in [2.24, 2.45) is 0 Å². The summed E-state index contributed by atoms with van der Waals surface area (Å²) in [5.41, 5.74) is -0.763. The van der Waals surface area contributed by atoms with Crippen molar-refractivity contribution in [3.8, 4) is 0 Å². The molecule has 0 unspecified atom stereocenters. The molecule has 2 heterocycles. The maximum atomic E-state index is 11.6. The Morgan fingerprint density at radius 1 is 1.10 bits per heavy atom. The fraction of sp³-hybridized carbons (Fsp3) is 0.917. The minimum Gasteiger partial charge on any atom is -0.408 e. The molecular formula is C24H48O5Si2. The number of hydrogen-bond donors (Lipinski definition) is 1. The van der Waals surface area contributed by atoms with Gasteiger partial charge in [0, 0.05) is 10.1 Å². The highest BCUT2D eigenvalue weighted by molar-refractivity contribution is 6.74. The molecule has 2 rings (SSSR count). The quantitative estimate of drug-likeness (QED) is 0.368. The van der Waals surface area contributed by atoms with E-state index in [1.165, 1.54) is 0 Å². The zero-order valence-electron chi connectivity index (χ0n) is 21.7. The summed E-state index contributed by atoms with van der Waals surface area (Å²) in [6, 6.07) is 3.08. The number of hydrogen-bond acceptors (Lipinski definition) is 5. The zero-order valence-corrected chi connectivity index (χ0v) is 23.7. The summed E-state index contributed by atoms with van der Waals surface area (Å²) in [5, 5.41) is 11.3. The number of aliphatic hydroxyl groups excluding tert-OH is 1. The first-order valence-electron chi connectivity index (χ1n) is 12.1. The van der Waals surface area contributed by atoms with Crippen molar-refractivity contribution < 1.29 is 23.1 Å². The molecule has 0 amide bonds. The molecule has 0 aromatic heterocycles. The third-order valence-corrected chi connectivity index (χ3v) is 17.4. The molecule has 2 fully saturated rings. The Balaban J connectivity index is 2.55. The molecule has 5 nitrogen and oxygen atoms in total. The second-order valence-electron chi connectivity index (χ2n) is 11.7. The molecule has 5 atom stereocenters. The van der Waals surface area contributed by atoms with Gasteiger partial charge >= 0.3 is 8.56 Å². The lowest BCUT2D eigenvalue weighted by Crippen LogP contribution is -2.74. The average Bonchev–Trinajstić information content (AvgIpc) is 2.67. The van der Waals surface area contributed by atoms with Crippen LogP contribution in [-0.4, -0.2) is 58.6 Å².